The Labute approximate surface area is 96.9 Å². The van der Waals surface area contributed by atoms with Crippen molar-refractivity contribution in [2.45, 2.75) is 47.0 Å². The lowest BCUT2D eigenvalue weighted by Crippen LogP contribution is -2.12. The SMILES string of the molecule is CC.Cc1cc(Br)ccc1C(C)(C)C. The lowest BCUT2D eigenvalue weighted by Gasteiger charge is -2.21. The van der Waals surface area contributed by atoms with Gasteiger partial charge >= 0.3 is 0 Å². The van der Waals surface area contributed by atoms with Gasteiger partial charge in [0.05, 0.1) is 0 Å². The van der Waals surface area contributed by atoms with E-state index in [4.69, 9.17) is 0 Å². The molecule has 0 heterocycles. The number of rotatable bonds is 0. The summed E-state index contributed by atoms with van der Waals surface area (Å²) in [7, 11) is 0. The normalized spacial score (nSPS) is 10.5. The van der Waals surface area contributed by atoms with Gasteiger partial charge in [0.1, 0.15) is 0 Å². The van der Waals surface area contributed by atoms with Crippen molar-refractivity contribution in [3.05, 3.63) is 33.8 Å². The van der Waals surface area contributed by atoms with Crippen molar-refractivity contribution in [2.75, 3.05) is 0 Å². The standard InChI is InChI=1S/C11H15Br.C2H6/c1-8-7-9(12)5-6-10(8)11(2,3)4;1-2/h5-7H,1-4H3;1-2H3. The minimum atomic E-state index is 0.255. The second-order valence-electron chi connectivity index (χ2n) is 4.21. The summed E-state index contributed by atoms with van der Waals surface area (Å²) in [6.07, 6.45) is 0. The maximum absolute atomic E-state index is 3.46. The molecule has 0 aliphatic carbocycles. The Kier molecular flexibility index (Phi) is 5.43. The Hall–Kier alpha value is -0.300. The molecular weight excluding hydrogens is 236 g/mol. The Bertz CT molecular complexity index is 282. The van der Waals surface area contributed by atoms with Gasteiger partial charge in [-0.1, -0.05) is 56.6 Å². The monoisotopic (exact) mass is 256 g/mol. The van der Waals surface area contributed by atoms with E-state index in [1.54, 1.807) is 0 Å². The molecule has 0 aliphatic rings. The van der Waals surface area contributed by atoms with Crippen LogP contribution in [0.4, 0.5) is 0 Å². The van der Waals surface area contributed by atoms with Gasteiger partial charge in [0, 0.05) is 4.47 Å². The molecule has 1 rings (SSSR count). The third-order valence-electron chi connectivity index (χ3n) is 2.00. The molecule has 0 nitrogen and oxygen atoms in total. The molecule has 0 bridgehead atoms. The zero-order valence-electron chi connectivity index (χ0n) is 10.1. The average molecular weight is 257 g/mol. The fourth-order valence-corrected chi connectivity index (χ4v) is 1.94. The Balaban J connectivity index is 0.000000791. The Morgan fingerprint density at radius 2 is 1.57 bits per heavy atom. The van der Waals surface area contributed by atoms with E-state index in [-0.39, 0.29) is 5.41 Å². The number of hydrogen-bond acceptors (Lipinski definition) is 0. The lowest BCUT2D eigenvalue weighted by atomic mass is 9.84. The van der Waals surface area contributed by atoms with Crippen LogP contribution in [0, 0.1) is 6.92 Å². The molecular formula is C13H21Br. The quantitative estimate of drug-likeness (QED) is 0.607. The molecule has 0 N–H and O–H groups in total. The highest BCUT2D eigenvalue weighted by atomic mass is 79.9. The minimum Gasteiger partial charge on any atom is -0.0683 e. The smallest absolute Gasteiger partial charge is 0.0178 e. The predicted molar refractivity (Wildman–Crippen MR) is 68.9 cm³/mol. The summed E-state index contributed by atoms with van der Waals surface area (Å²) < 4.78 is 1.16. The maximum Gasteiger partial charge on any atom is 0.0178 e. The van der Waals surface area contributed by atoms with E-state index in [0.29, 0.717) is 0 Å². The first-order valence-corrected chi connectivity index (χ1v) is 5.97. The van der Waals surface area contributed by atoms with Crippen molar-refractivity contribution in [1.82, 2.24) is 0 Å². The summed E-state index contributed by atoms with van der Waals surface area (Å²) >= 11 is 3.46. The molecule has 0 radical (unpaired) electrons. The molecule has 0 saturated heterocycles. The van der Waals surface area contributed by atoms with Crippen LogP contribution >= 0.6 is 15.9 Å². The van der Waals surface area contributed by atoms with Crippen molar-refractivity contribution in [3.63, 3.8) is 0 Å². The molecule has 1 heteroatoms. The topological polar surface area (TPSA) is 0 Å². The molecule has 80 valence electrons. The highest BCUT2D eigenvalue weighted by Gasteiger charge is 2.15. The summed E-state index contributed by atoms with van der Waals surface area (Å²) in [5.74, 6) is 0. The van der Waals surface area contributed by atoms with E-state index in [0.717, 1.165) is 4.47 Å². The first kappa shape index (κ1) is 13.7. The van der Waals surface area contributed by atoms with E-state index in [1.807, 2.05) is 13.8 Å². The van der Waals surface area contributed by atoms with Crippen LogP contribution in [0.2, 0.25) is 0 Å². The molecule has 0 amide bonds. The second kappa shape index (κ2) is 5.55. The van der Waals surface area contributed by atoms with Crippen molar-refractivity contribution in [1.29, 1.82) is 0 Å². The van der Waals surface area contributed by atoms with Gasteiger partial charge in [0.2, 0.25) is 0 Å². The van der Waals surface area contributed by atoms with Crippen LogP contribution < -0.4 is 0 Å². The van der Waals surface area contributed by atoms with Crippen molar-refractivity contribution < 1.29 is 0 Å². The minimum absolute atomic E-state index is 0.255. The summed E-state index contributed by atoms with van der Waals surface area (Å²) in [6, 6.07) is 6.47. The van der Waals surface area contributed by atoms with E-state index >= 15 is 0 Å². The zero-order valence-corrected chi connectivity index (χ0v) is 11.7. The molecule has 0 atom stereocenters. The Morgan fingerprint density at radius 1 is 1.07 bits per heavy atom. The highest BCUT2D eigenvalue weighted by molar-refractivity contribution is 9.10. The van der Waals surface area contributed by atoms with Crippen LogP contribution in [0.3, 0.4) is 0 Å². The number of aryl methyl sites for hydroxylation is 1. The first-order chi connectivity index (χ1) is 6.41. The average Bonchev–Trinajstić information content (AvgIpc) is 2.05. The molecule has 14 heavy (non-hydrogen) atoms. The van der Waals surface area contributed by atoms with Gasteiger partial charge in [0.15, 0.2) is 0 Å². The first-order valence-electron chi connectivity index (χ1n) is 5.18. The third kappa shape index (κ3) is 3.83. The molecule has 0 unspecified atom stereocenters. The predicted octanol–water partition coefficient (Wildman–Crippen LogP) is 5.08. The van der Waals surface area contributed by atoms with E-state index in [9.17, 15) is 0 Å². The number of halogens is 1. The summed E-state index contributed by atoms with van der Waals surface area (Å²) in [5, 5.41) is 0. The lowest BCUT2D eigenvalue weighted by molar-refractivity contribution is 0.586. The van der Waals surface area contributed by atoms with Crippen molar-refractivity contribution in [2.24, 2.45) is 0 Å². The van der Waals surface area contributed by atoms with E-state index in [2.05, 4.69) is 61.8 Å². The van der Waals surface area contributed by atoms with Crippen LogP contribution in [0.25, 0.3) is 0 Å². The van der Waals surface area contributed by atoms with Gasteiger partial charge in [0.25, 0.3) is 0 Å². The fourth-order valence-electron chi connectivity index (χ4n) is 1.47. The van der Waals surface area contributed by atoms with Gasteiger partial charge in [-0.05, 0) is 35.6 Å². The van der Waals surface area contributed by atoms with Gasteiger partial charge in [-0.25, -0.2) is 0 Å². The zero-order chi connectivity index (χ0) is 11.4. The summed E-state index contributed by atoms with van der Waals surface area (Å²) in [4.78, 5) is 0. The van der Waals surface area contributed by atoms with Gasteiger partial charge in [-0.2, -0.15) is 0 Å². The summed E-state index contributed by atoms with van der Waals surface area (Å²) in [5.41, 5.74) is 3.03. The third-order valence-corrected chi connectivity index (χ3v) is 2.49. The largest absolute Gasteiger partial charge is 0.0683 e. The van der Waals surface area contributed by atoms with Crippen LogP contribution in [0.15, 0.2) is 22.7 Å². The highest BCUT2D eigenvalue weighted by Crippen LogP contribution is 2.27. The van der Waals surface area contributed by atoms with E-state index in [1.165, 1.54) is 11.1 Å². The second-order valence-corrected chi connectivity index (χ2v) is 5.12. The molecule has 1 aromatic carbocycles. The van der Waals surface area contributed by atoms with Gasteiger partial charge in [-0.15, -0.1) is 0 Å². The molecule has 1 aromatic rings. The van der Waals surface area contributed by atoms with E-state index < -0.39 is 0 Å². The van der Waals surface area contributed by atoms with Crippen LogP contribution in [0.1, 0.15) is 45.7 Å². The molecule has 0 spiro atoms. The van der Waals surface area contributed by atoms with Gasteiger partial charge in [-0.3, -0.25) is 0 Å². The van der Waals surface area contributed by atoms with Gasteiger partial charge < -0.3 is 0 Å². The van der Waals surface area contributed by atoms with Crippen LogP contribution in [0.5, 0.6) is 0 Å². The molecule has 0 fully saturated rings. The molecule has 0 saturated carbocycles. The Morgan fingerprint density at radius 3 is 1.93 bits per heavy atom. The molecule has 0 aliphatic heterocycles. The molecule has 0 aromatic heterocycles. The number of hydrogen-bond donors (Lipinski definition) is 0. The van der Waals surface area contributed by atoms with Crippen LogP contribution in [-0.2, 0) is 5.41 Å². The maximum atomic E-state index is 3.46. The van der Waals surface area contributed by atoms with Crippen molar-refractivity contribution in [3.8, 4) is 0 Å². The summed E-state index contributed by atoms with van der Waals surface area (Å²) in [6.45, 7) is 12.9. The van der Waals surface area contributed by atoms with Crippen LogP contribution in [-0.4, -0.2) is 0 Å². The van der Waals surface area contributed by atoms with Crippen molar-refractivity contribution >= 4 is 15.9 Å². The fraction of sp³-hybridized carbons (Fsp3) is 0.538. The number of benzene rings is 1.